The van der Waals surface area contributed by atoms with E-state index in [1.807, 2.05) is 37.3 Å². The summed E-state index contributed by atoms with van der Waals surface area (Å²) in [5.74, 6) is -0.0543. The normalized spacial score (nSPS) is 11.5. The Balaban J connectivity index is 0.00000289. The maximum absolute atomic E-state index is 12.1. The fraction of sp³-hybridized carbons (Fsp3) is 0.462. The van der Waals surface area contributed by atoms with Crippen molar-refractivity contribution in [3.05, 3.63) is 35.9 Å². The molecule has 0 saturated heterocycles. The predicted molar refractivity (Wildman–Crippen MR) is 74.6 cm³/mol. The molecule has 0 saturated carbocycles. The van der Waals surface area contributed by atoms with Gasteiger partial charge in [-0.1, -0.05) is 30.3 Å². The standard InChI is InChI=1S/C13H20N2O2.ClH/c1-3-15(13(16)12(9-14)17-2)10-11-7-5-4-6-8-11;/h4-8,12H,3,9-10,14H2,1-2H3;1H. The van der Waals surface area contributed by atoms with Crippen molar-refractivity contribution in [1.82, 2.24) is 4.90 Å². The van der Waals surface area contributed by atoms with Crippen molar-refractivity contribution < 1.29 is 9.53 Å². The molecule has 1 aromatic rings. The highest BCUT2D eigenvalue weighted by atomic mass is 35.5. The number of amides is 1. The Morgan fingerprint density at radius 2 is 2.00 bits per heavy atom. The Labute approximate surface area is 115 Å². The Morgan fingerprint density at radius 3 is 2.44 bits per heavy atom. The second kappa shape index (κ2) is 8.91. The molecule has 0 aliphatic carbocycles. The molecule has 0 aromatic heterocycles. The van der Waals surface area contributed by atoms with Crippen LogP contribution in [0.3, 0.4) is 0 Å². The van der Waals surface area contributed by atoms with Crippen LogP contribution in [0.25, 0.3) is 0 Å². The van der Waals surface area contributed by atoms with Crippen molar-refractivity contribution in [3.63, 3.8) is 0 Å². The third-order valence-corrected chi connectivity index (χ3v) is 2.68. The van der Waals surface area contributed by atoms with E-state index >= 15 is 0 Å². The Kier molecular flexibility index (Phi) is 8.37. The topological polar surface area (TPSA) is 55.6 Å². The van der Waals surface area contributed by atoms with E-state index in [9.17, 15) is 4.79 Å². The van der Waals surface area contributed by atoms with Gasteiger partial charge in [0, 0.05) is 26.7 Å². The molecule has 0 heterocycles. The van der Waals surface area contributed by atoms with Crippen LogP contribution in [0.5, 0.6) is 0 Å². The Hall–Kier alpha value is -1.10. The van der Waals surface area contributed by atoms with Crippen LogP contribution in [0, 0.1) is 0 Å². The SMILES string of the molecule is CCN(Cc1ccccc1)C(=O)C(CN)OC.Cl. The van der Waals surface area contributed by atoms with Gasteiger partial charge in [-0.2, -0.15) is 0 Å². The summed E-state index contributed by atoms with van der Waals surface area (Å²) in [7, 11) is 1.51. The van der Waals surface area contributed by atoms with Gasteiger partial charge in [0.1, 0.15) is 6.10 Å². The van der Waals surface area contributed by atoms with Crippen LogP contribution >= 0.6 is 12.4 Å². The first-order chi connectivity index (χ1) is 8.22. The lowest BCUT2D eigenvalue weighted by molar-refractivity contribution is -0.141. The molecule has 0 aliphatic rings. The number of carbonyl (C=O) groups is 1. The average molecular weight is 273 g/mol. The molecule has 18 heavy (non-hydrogen) atoms. The number of nitrogens with zero attached hydrogens (tertiary/aromatic N) is 1. The summed E-state index contributed by atoms with van der Waals surface area (Å²) in [5.41, 5.74) is 6.60. The monoisotopic (exact) mass is 272 g/mol. The summed E-state index contributed by atoms with van der Waals surface area (Å²) >= 11 is 0. The molecule has 1 rings (SSSR count). The van der Waals surface area contributed by atoms with Gasteiger partial charge < -0.3 is 15.4 Å². The zero-order chi connectivity index (χ0) is 12.7. The second-order valence-corrected chi connectivity index (χ2v) is 3.80. The van der Waals surface area contributed by atoms with Gasteiger partial charge in [0.05, 0.1) is 0 Å². The largest absolute Gasteiger partial charge is 0.370 e. The predicted octanol–water partition coefficient (Wildman–Crippen LogP) is 1.43. The van der Waals surface area contributed by atoms with E-state index in [0.717, 1.165) is 5.56 Å². The molecule has 0 aliphatic heterocycles. The number of nitrogens with two attached hydrogens (primary N) is 1. The highest BCUT2D eigenvalue weighted by Crippen LogP contribution is 2.06. The van der Waals surface area contributed by atoms with E-state index in [4.69, 9.17) is 10.5 Å². The summed E-state index contributed by atoms with van der Waals surface area (Å²) in [4.78, 5) is 13.8. The van der Waals surface area contributed by atoms with Crippen molar-refractivity contribution in [2.45, 2.75) is 19.6 Å². The van der Waals surface area contributed by atoms with Crippen LogP contribution in [-0.4, -0.2) is 37.1 Å². The minimum Gasteiger partial charge on any atom is -0.370 e. The van der Waals surface area contributed by atoms with Gasteiger partial charge >= 0.3 is 0 Å². The number of rotatable bonds is 6. The minimum atomic E-state index is -0.543. The lowest BCUT2D eigenvalue weighted by atomic mass is 10.2. The summed E-state index contributed by atoms with van der Waals surface area (Å²) in [6, 6.07) is 9.88. The maximum Gasteiger partial charge on any atom is 0.253 e. The zero-order valence-corrected chi connectivity index (χ0v) is 11.7. The fourth-order valence-electron chi connectivity index (χ4n) is 1.65. The van der Waals surface area contributed by atoms with Gasteiger partial charge in [0.2, 0.25) is 0 Å². The van der Waals surface area contributed by atoms with E-state index in [1.165, 1.54) is 7.11 Å². The van der Waals surface area contributed by atoms with Crippen molar-refractivity contribution in [2.75, 3.05) is 20.2 Å². The molecular formula is C13H21ClN2O2. The summed E-state index contributed by atoms with van der Waals surface area (Å²) in [5, 5.41) is 0. The maximum atomic E-state index is 12.1. The van der Waals surface area contributed by atoms with Crippen LogP contribution in [0.15, 0.2) is 30.3 Å². The van der Waals surface area contributed by atoms with Gasteiger partial charge in [0.15, 0.2) is 0 Å². The van der Waals surface area contributed by atoms with Crippen molar-refractivity contribution in [2.24, 2.45) is 5.73 Å². The minimum absolute atomic E-state index is 0. The van der Waals surface area contributed by atoms with Crippen molar-refractivity contribution in [3.8, 4) is 0 Å². The number of benzene rings is 1. The first-order valence-corrected chi connectivity index (χ1v) is 5.78. The van der Waals surface area contributed by atoms with Gasteiger partial charge in [-0.3, -0.25) is 4.79 Å². The summed E-state index contributed by atoms with van der Waals surface area (Å²) < 4.78 is 5.07. The zero-order valence-electron chi connectivity index (χ0n) is 10.8. The number of halogens is 1. The van der Waals surface area contributed by atoms with Crippen LogP contribution in [0.1, 0.15) is 12.5 Å². The molecular weight excluding hydrogens is 252 g/mol. The summed E-state index contributed by atoms with van der Waals surface area (Å²) in [6.45, 7) is 3.40. The number of methoxy groups -OCH3 is 1. The molecule has 1 atom stereocenters. The molecule has 0 radical (unpaired) electrons. The average Bonchev–Trinajstić information content (AvgIpc) is 2.38. The molecule has 1 unspecified atom stereocenters. The first kappa shape index (κ1) is 16.9. The number of likely N-dealkylation sites (N-methyl/N-ethyl adjacent to an activating group) is 1. The number of hydrogen-bond donors (Lipinski definition) is 1. The molecule has 0 bridgehead atoms. The molecule has 5 heteroatoms. The van der Waals surface area contributed by atoms with E-state index in [0.29, 0.717) is 13.1 Å². The lowest BCUT2D eigenvalue weighted by Crippen LogP contribution is -2.43. The lowest BCUT2D eigenvalue weighted by Gasteiger charge is -2.25. The molecule has 2 N–H and O–H groups in total. The van der Waals surface area contributed by atoms with Crippen molar-refractivity contribution >= 4 is 18.3 Å². The number of ether oxygens (including phenoxy) is 1. The Bertz CT molecular complexity index is 342. The van der Waals surface area contributed by atoms with Crippen LogP contribution in [0.2, 0.25) is 0 Å². The number of hydrogen-bond acceptors (Lipinski definition) is 3. The molecule has 0 spiro atoms. The van der Waals surface area contributed by atoms with Gasteiger partial charge in [0.25, 0.3) is 5.91 Å². The summed E-state index contributed by atoms with van der Waals surface area (Å²) in [6.07, 6.45) is -0.543. The van der Waals surface area contributed by atoms with Crippen LogP contribution < -0.4 is 5.73 Å². The first-order valence-electron chi connectivity index (χ1n) is 5.78. The molecule has 102 valence electrons. The quantitative estimate of drug-likeness (QED) is 0.852. The van der Waals surface area contributed by atoms with Gasteiger partial charge in [-0.25, -0.2) is 0 Å². The number of carbonyl (C=O) groups excluding carboxylic acids is 1. The smallest absolute Gasteiger partial charge is 0.253 e. The second-order valence-electron chi connectivity index (χ2n) is 3.80. The van der Waals surface area contributed by atoms with E-state index < -0.39 is 6.10 Å². The Morgan fingerprint density at radius 1 is 1.39 bits per heavy atom. The van der Waals surface area contributed by atoms with E-state index in [2.05, 4.69) is 0 Å². The van der Waals surface area contributed by atoms with Crippen LogP contribution in [-0.2, 0) is 16.1 Å². The van der Waals surface area contributed by atoms with Crippen LogP contribution in [0.4, 0.5) is 0 Å². The fourth-order valence-corrected chi connectivity index (χ4v) is 1.65. The van der Waals surface area contributed by atoms with Gasteiger partial charge in [-0.15, -0.1) is 12.4 Å². The molecule has 0 fully saturated rings. The molecule has 4 nitrogen and oxygen atoms in total. The van der Waals surface area contributed by atoms with Gasteiger partial charge in [-0.05, 0) is 12.5 Å². The molecule has 1 amide bonds. The highest BCUT2D eigenvalue weighted by molar-refractivity contribution is 5.85. The van der Waals surface area contributed by atoms with E-state index in [1.54, 1.807) is 4.90 Å². The molecule has 1 aromatic carbocycles. The van der Waals surface area contributed by atoms with Crippen molar-refractivity contribution in [1.29, 1.82) is 0 Å². The van der Waals surface area contributed by atoms with E-state index in [-0.39, 0.29) is 24.9 Å². The highest BCUT2D eigenvalue weighted by Gasteiger charge is 2.21. The third-order valence-electron chi connectivity index (χ3n) is 2.68. The third kappa shape index (κ3) is 4.64.